The van der Waals surface area contributed by atoms with E-state index in [4.69, 9.17) is 9.47 Å². The van der Waals surface area contributed by atoms with Gasteiger partial charge in [-0.2, -0.15) is 5.10 Å². The van der Waals surface area contributed by atoms with Gasteiger partial charge in [0.15, 0.2) is 11.5 Å². The van der Waals surface area contributed by atoms with Crippen LogP contribution in [0.3, 0.4) is 0 Å². The highest BCUT2D eigenvalue weighted by Crippen LogP contribution is 2.28. The van der Waals surface area contributed by atoms with Gasteiger partial charge in [0.1, 0.15) is 5.82 Å². The molecule has 0 unspecified atom stereocenters. The van der Waals surface area contributed by atoms with Gasteiger partial charge in [-0.05, 0) is 48.0 Å². The molecule has 0 aliphatic carbocycles. The molecule has 3 rings (SSSR count). The number of carbonyl (C=O) groups excluding carboxylic acids is 1. The number of hydrogen-bond donors (Lipinski definition) is 1. The maximum Gasteiger partial charge on any atom is 0.343 e. The second-order valence-electron chi connectivity index (χ2n) is 5.25. The Hall–Kier alpha value is -3.67. The lowest BCUT2D eigenvalue weighted by molar-refractivity contribution is 0.0729. The summed E-state index contributed by atoms with van der Waals surface area (Å²) in [6.45, 7) is 0. The Bertz CT molecular complexity index is 897. The van der Waals surface area contributed by atoms with E-state index >= 15 is 0 Å². The molecule has 6 nitrogen and oxygen atoms in total. The molecule has 1 N–H and O–H groups in total. The molecular formula is C20H17N3O3. The van der Waals surface area contributed by atoms with E-state index in [0.29, 0.717) is 22.9 Å². The van der Waals surface area contributed by atoms with Crippen LogP contribution >= 0.6 is 0 Å². The summed E-state index contributed by atoms with van der Waals surface area (Å²) in [4.78, 5) is 16.3. The average Bonchev–Trinajstić information content (AvgIpc) is 2.70. The Labute approximate surface area is 151 Å². The van der Waals surface area contributed by atoms with E-state index < -0.39 is 5.97 Å². The summed E-state index contributed by atoms with van der Waals surface area (Å²) in [7, 11) is 1.52. The molecule has 0 saturated carbocycles. The SMILES string of the molecule is COc1cc(C=NNc2ccccn2)ccc1OC(=O)c1ccccc1. The van der Waals surface area contributed by atoms with Gasteiger partial charge in [0.25, 0.3) is 0 Å². The highest BCUT2D eigenvalue weighted by molar-refractivity contribution is 5.91. The van der Waals surface area contributed by atoms with Crippen LogP contribution in [0.1, 0.15) is 15.9 Å². The third kappa shape index (κ3) is 4.45. The van der Waals surface area contributed by atoms with Crippen LogP contribution in [0.25, 0.3) is 0 Å². The summed E-state index contributed by atoms with van der Waals surface area (Å²) in [6.07, 6.45) is 3.30. The largest absolute Gasteiger partial charge is 0.493 e. The number of aromatic nitrogens is 1. The molecule has 130 valence electrons. The van der Waals surface area contributed by atoms with Crippen molar-refractivity contribution in [1.82, 2.24) is 4.98 Å². The summed E-state index contributed by atoms with van der Waals surface area (Å²) in [5.74, 6) is 0.985. The average molecular weight is 347 g/mol. The van der Waals surface area contributed by atoms with Crippen molar-refractivity contribution in [1.29, 1.82) is 0 Å². The zero-order valence-corrected chi connectivity index (χ0v) is 14.1. The highest BCUT2D eigenvalue weighted by Gasteiger charge is 2.12. The van der Waals surface area contributed by atoms with Gasteiger partial charge >= 0.3 is 5.97 Å². The van der Waals surface area contributed by atoms with Gasteiger partial charge in [-0.1, -0.05) is 24.3 Å². The minimum absolute atomic E-state index is 0.344. The first kappa shape index (κ1) is 17.2. The van der Waals surface area contributed by atoms with Crippen LogP contribution in [0.15, 0.2) is 78.0 Å². The van der Waals surface area contributed by atoms with Crippen molar-refractivity contribution in [3.05, 3.63) is 84.1 Å². The van der Waals surface area contributed by atoms with Gasteiger partial charge in [0.2, 0.25) is 0 Å². The number of ether oxygens (including phenoxy) is 2. The monoisotopic (exact) mass is 347 g/mol. The van der Waals surface area contributed by atoms with Crippen LogP contribution in [0.4, 0.5) is 5.82 Å². The zero-order chi connectivity index (χ0) is 18.2. The summed E-state index contributed by atoms with van der Waals surface area (Å²) >= 11 is 0. The van der Waals surface area contributed by atoms with E-state index in [1.54, 1.807) is 54.9 Å². The van der Waals surface area contributed by atoms with Crippen molar-refractivity contribution in [2.75, 3.05) is 12.5 Å². The Morgan fingerprint density at radius 1 is 1.04 bits per heavy atom. The molecule has 1 aromatic heterocycles. The third-order valence-corrected chi connectivity index (χ3v) is 3.46. The van der Waals surface area contributed by atoms with Crippen molar-refractivity contribution < 1.29 is 14.3 Å². The molecule has 3 aromatic rings. The number of methoxy groups -OCH3 is 1. The second-order valence-corrected chi connectivity index (χ2v) is 5.25. The first-order chi connectivity index (χ1) is 12.8. The molecule has 0 saturated heterocycles. The standard InChI is InChI=1S/C20H17N3O3/c1-25-18-13-15(14-22-23-19-9-5-6-12-21-19)10-11-17(18)26-20(24)16-7-3-2-4-8-16/h2-14H,1H3,(H,21,23). The van der Waals surface area contributed by atoms with Crippen LogP contribution < -0.4 is 14.9 Å². The minimum atomic E-state index is -0.442. The number of anilines is 1. The Morgan fingerprint density at radius 2 is 1.85 bits per heavy atom. The van der Waals surface area contributed by atoms with E-state index in [-0.39, 0.29) is 0 Å². The molecule has 0 bridgehead atoms. The molecule has 0 aliphatic heterocycles. The summed E-state index contributed by atoms with van der Waals surface area (Å²) in [6, 6.07) is 19.5. The van der Waals surface area contributed by atoms with E-state index in [1.807, 2.05) is 24.3 Å². The fourth-order valence-corrected chi connectivity index (χ4v) is 2.18. The van der Waals surface area contributed by atoms with Gasteiger partial charge in [0.05, 0.1) is 18.9 Å². The number of benzene rings is 2. The topological polar surface area (TPSA) is 72.8 Å². The third-order valence-electron chi connectivity index (χ3n) is 3.46. The fourth-order valence-electron chi connectivity index (χ4n) is 2.18. The Morgan fingerprint density at radius 3 is 2.58 bits per heavy atom. The van der Waals surface area contributed by atoms with Gasteiger partial charge in [0, 0.05) is 6.20 Å². The maximum atomic E-state index is 12.2. The molecule has 1 heterocycles. The summed E-state index contributed by atoms with van der Waals surface area (Å²) in [5, 5.41) is 4.12. The van der Waals surface area contributed by atoms with Crippen LogP contribution in [-0.2, 0) is 0 Å². The predicted octanol–water partition coefficient (Wildman–Crippen LogP) is 3.76. The smallest absolute Gasteiger partial charge is 0.343 e. The van der Waals surface area contributed by atoms with E-state index in [0.717, 1.165) is 5.56 Å². The lowest BCUT2D eigenvalue weighted by Crippen LogP contribution is -2.09. The van der Waals surface area contributed by atoms with Gasteiger partial charge in [-0.3, -0.25) is 5.43 Å². The molecule has 26 heavy (non-hydrogen) atoms. The fraction of sp³-hybridized carbons (Fsp3) is 0.0500. The lowest BCUT2D eigenvalue weighted by atomic mass is 10.2. The maximum absolute atomic E-state index is 12.2. The van der Waals surface area contributed by atoms with E-state index in [9.17, 15) is 4.79 Å². The molecule has 0 aliphatic rings. The van der Waals surface area contributed by atoms with Gasteiger partial charge in [-0.25, -0.2) is 9.78 Å². The number of carbonyl (C=O) groups is 1. The van der Waals surface area contributed by atoms with E-state index in [2.05, 4.69) is 15.5 Å². The Kier molecular flexibility index (Phi) is 5.57. The number of nitrogens with zero attached hydrogens (tertiary/aromatic N) is 2. The molecule has 0 radical (unpaired) electrons. The number of esters is 1. The van der Waals surface area contributed by atoms with Crippen molar-refractivity contribution >= 4 is 18.0 Å². The van der Waals surface area contributed by atoms with Gasteiger partial charge < -0.3 is 9.47 Å². The number of hydrazone groups is 1. The van der Waals surface area contributed by atoms with Crippen LogP contribution in [0, 0.1) is 0 Å². The van der Waals surface area contributed by atoms with Crippen molar-refractivity contribution in [2.24, 2.45) is 5.10 Å². The molecule has 0 atom stereocenters. The first-order valence-electron chi connectivity index (χ1n) is 7.91. The number of pyridine rings is 1. The quantitative estimate of drug-likeness (QED) is 0.318. The predicted molar refractivity (Wildman–Crippen MR) is 99.8 cm³/mol. The molecule has 6 heteroatoms. The molecule has 0 fully saturated rings. The normalized spacial score (nSPS) is 10.5. The second kappa shape index (κ2) is 8.43. The zero-order valence-electron chi connectivity index (χ0n) is 14.1. The molecule has 0 amide bonds. The van der Waals surface area contributed by atoms with Crippen LogP contribution in [0.2, 0.25) is 0 Å². The Balaban J connectivity index is 1.70. The lowest BCUT2D eigenvalue weighted by Gasteiger charge is -2.10. The number of nitrogens with one attached hydrogen (secondary N) is 1. The van der Waals surface area contributed by atoms with Gasteiger partial charge in [-0.15, -0.1) is 0 Å². The highest BCUT2D eigenvalue weighted by atomic mass is 16.6. The number of rotatable bonds is 6. The number of hydrogen-bond acceptors (Lipinski definition) is 6. The van der Waals surface area contributed by atoms with E-state index in [1.165, 1.54) is 7.11 Å². The first-order valence-corrected chi connectivity index (χ1v) is 7.91. The molecular weight excluding hydrogens is 330 g/mol. The van der Waals surface area contributed by atoms with Crippen LogP contribution in [-0.4, -0.2) is 24.3 Å². The summed E-state index contributed by atoms with van der Waals surface area (Å²) in [5.41, 5.74) is 4.09. The van der Waals surface area contributed by atoms with Crippen molar-refractivity contribution in [2.45, 2.75) is 0 Å². The summed E-state index contributed by atoms with van der Waals surface area (Å²) < 4.78 is 10.7. The van der Waals surface area contributed by atoms with Crippen molar-refractivity contribution in [3.8, 4) is 11.5 Å². The molecule has 2 aromatic carbocycles. The molecule has 0 spiro atoms. The van der Waals surface area contributed by atoms with Crippen LogP contribution in [0.5, 0.6) is 11.5 Å². The van der Waals surface area contributed by atoms with Crippen molar-refractivity contribution in [3.63, 3.8) is 0 Å². The minimum Gasteiger partial charge on any atom is -0.493 e.